The average Bonchev–Trinajstić information content (AvgIpc) is 2.65. The molecule has 1 aromatic heterocycles. The molecule has 0 spiro atoms. The highest BCUT2D eigenvalue weighted by Gasteiger charge is 2.44. The Labute approximate surface area is 113 Å². The molecule has 0 aliphatic carbocycles. The van der Waals surface area contributed by atoms with Gasteiger partial charge in [0.15, 0.2) is 5.78 Å². The quantitative estimate of drug-likeness (QED) is 0.834. The summed E-state index contributed by atoms with van der Waals surface area (Å²) in [5.74, 6) is -0.987. The number of nitriles is 1. The van der Waals surface area contributed by atoms with Gasteiger partial charge in [0.1, 0.15) is 5.92 Å². The van der Waals surface area contributed by atoms with Crippen molar-refractivity contribution in [3.63, 3.8) is 0 Å². The van der Waals surface area contributed by atoms with Crippen LogP contribution < -0.4 is 0 Å². The molecule has 1 aliphatic rings. The first-order valence-electron chi connectivity index (χ1n) is 6.56. The maximum absolute atomic E-state index is 12.6. The molecule has 4 heteroatoms. The summed E-state index contributed by atoms with van der Waals surface area (Å²) in [4.78, 5) is 16.7. The fraction of sp³-hybridized carbons (Fsp3) is 0.533. The number of carbonyl (C=O) groups excluding carboxylic acids is 1. The maximum Gasteiger partial charge on any atom is 0.162 e. The van der Waals surface area contributed by atoms with Crippen molar-refractivity contribution in [2.45, 2.75) is 38.9 Å². The molecule has 0 saturated carbocycles. The lowest BCUT2D eigenvalue weighted by molar-refractivity contribution is -0.125. The normalized spacial score (nSPS) is 31.7. The second-order valence-electron chi connectivity index (χ2n) is 5.15. The lowest BCUT2D eigenvalue weighted by atomic mass is 9.80. The average molecular weight is 258 g/mol. The Hall–Kier alpha value is -1.73. The van der Waals surface area contributed by atoms with Crippen LogP contribution >= 0.6 is 0 Å². The van der Waals surface area contributed by atoms with Gasteiger partial charge in [-0.1, -0.05) is 13.0 Å². The van der Waals surface area contributed by atoms with Crippen molar-refractivity contribution in [2.24, 2.45) is 11.8 Å². The molecular formula is C15H18N2O2. The standard InChI is InChI=1S/C15H18N2O2/c1-9-10(2)19-11(3)14(9)15(18)12(8-16)13-6-4-5-7-17-13/h4-7,9-12,14H,1-3H3. The Bertz CT molecular complexity index is 495. The van der Waals surface area contributed by atoms with E-state index in [2.05, 4.69) is 11.1 Å². The van der Waals surface area contributed by atoms with E-state index in [1.807, 2.05) is 20.8 Å². The van der Waals surface area contributed by atoms with E-state index in [1.165, 1.54) is 0 Å². The van der Waals surface area contributed by atoms with E-state index in [9.17, 15) is 10.1 Å². The van der Waals surface area contributed by atoms with Gasteiger partial charge in [0, 0.05) is 6.20 Å². The van der Waals surface area contributed by atoms with Gasteiger partial charge < -0.3 is 4.74 Å². The Morgan fingerprint density at radius 1 is 1.37 bits per heavy atom. The highest BCUT2D eigenvalue weighted by molar-refractivity contribution is 5.90. The Morgan fingerprint density at radius 3 is 2.58 bits per heavy atom. The molecule has 1 aliphatic heterocycles. The first-order valence-corrected chi connectivity index (χ1v) is 6.56. The third kappa shape index (κ3) is 2.52. The van der Waals surface area contributed by atoms with Gasteiger partial charge in [0.05, 0.1) is 29.9 Å². The second-order valence-corrected chi connectivity index (χ2v) is 5.15. The minimum absolute atomic E-state index is 0.0482. The maximum atomic E-state index is 12.6. The zero-order valence-corrected chi connectivity index (χ0v) is 11.4. The van der Waals surface area contributed by atoms with E-state index < -0.39 is 5.92 Å². The Balaban J connectivity index is 2.26. The highest BCUT2D eigenvalue weighted by atomic mass is 16.5. The van der Waals surface area contributed by atoms with Gasteiger partial charge in [-0.25, -0.2) is 0 Å². The lowest BCUT2D eigenvalue weighted by Gasteiger charge is -2.19. The SMILES string of the molecule is CC1OC(C)C(C(=O)C(C#N)c2ccccn2)C1C. The molecule has 2 heterocycles. The zero-order chi connectivity index (χ0) is 14.0. The van der Waals surface area contributed by atoms with E-state index in [0.29, 0.717) is 5.69 Å². The van der Waals surface area contributed by atoms with Crippen LogP contribution in [0.15, 0.2) is 24.4 Å². The predicted octanol–water partition coefficient (Wildman–Crippen LogP) is 2.32. The summed E-state index contributed by atoms with van der Waals surface area (Å²) in [6, 6.07) is 7.37. The molecule has 0 bridgehead atoms. The molecule has 0 aromatic carbocycles. The smallest absolute Gasteiger partial charge is 0.162 e. The first kappa shape index (κ1) is 13.7. The fourth-order valence-electron chi connectivity index (χ4n) is 2.77. The van der Waals surface area contributed by atoms with Gasteiger partial charge in [0.25, 0.3) is 0 Å². The van der Waals surface area contributed by atoms with Crippen molar-refractivity contribution in [3.05, 3.63) is 30.1 Å². The van der Waals surface area contributed by atoms with Gasteiger partial charge in [0.2, 0.25) is 0 Å². The predicted molar refractivity (Wildman–Crippen MR) is 70.3 cm³/mol. The van der Waals surface area contributed by atoms with E-state index in [1.54, 1.807) is 24.4 Å². The number of hydrogen-bond donors (Lipinski definition) is 0. The number of pyridine rings is 1. The molecule has 5 unspecified atom stereocenters. The minimum Gasteiger partial charge on any atom is -0.375 e. The number of ketones is 1. The molecule has 100 valence electrons. The second kappa shape index (κ2) is 5.50. The van der Waals surface area contributed by atoms with Crippen LogP contribution in [0.1, 0.15) is 32.4 Å². The Kier molecular flexibility index (Phi) is 3.96. The van der Waals surface area contributed by atoms with Crippen LogP contribution in [0, 0.1) is 23.2 Å². The van der Waals surface area contributed by atoms with Gasteiger partial charge in [-0.3, -0.25) is 9.78 Å². The summed E-state index contributed by atoms with van der Waals surface area (Å²) < 4.78 is 5.69. The monoisotopic (exact) mass is 258 g/mol. The van der Waals surface area contributed by atoms with Crippen LogP contribution in [0.3, 0.4) is 0 Å². The molecule has 1 fully saturated rings. The van der Waals surface area contributed by atoms with Crippen molar-refractivity contribution < 1.29 is 9.53 Å². The van der Waals surface area contributed by atoms with Crippen molar-refractivity contribution in [3.8, 4) is 6.07 Å². The number of rotatable bonds is 3. The topological polar surface area (TPSA) is 63.0 Å². The summed E-state index contributed by atoms with van der Waals surface area (Å²) in [6.07, 6.45) is 1.51. The van der Waals surface area contributed by atoms with Crippen LogP contribution in [0.4, 0.5) is 0 Å². The summed E-state index contributed by atoms with van der Waals surface area (Å²) in [6.45, 7) is 5.87. The Morgan fingerprint density at radius 2 is 2.11 bits per heavy atom. The van der Waals surface area contributed by atoms with E-state index in [-0.39, 0.29) is 29.8 Å². The fourth-order valence-corrected chi connectivity index (χ4v) is 2.77. The van der Waals surface area contributed by atoms with Crippen molar-refractivity contribution >= 4 is 5.78 Å². The van der Waals surface area contributed by atoms with Crippen LogP contribution in [-0.2, 0) is 9.53 Å². The highest BCUT2D eigenvalue weighted by Crippen LogP contribution is 2.36. The molecule has 19 heavy (non-hydrogen) atoms. The van der Waals surface area contributed by atoms with Crippen molar-refractivity contribution in [1.29, 1.82) is 5.26 Å². The number of hydrogen-bond acceptors (Lipinski definition) is 4. The largest absolute Gasteiger partial charge is 0.375 e. The molecule has 0 radical (unpaired) electrons. The summed E-state index contributed by atoms with van der Waals surface area (Å²) >= 11 is 0. The molecule has 4 nitrogen and oxygen atoms in total. The molecule has 0 N–H and O–H groups in total. The van der Waals surface area contributed by atoms with Gasteiger partial charge in [-0.15, -0.1) is 0 Å². The molecule has 2 rings (SSSR count). The molecule has 5 atom stereocenters. The number of aromatic nitrogens is 1. The minimum atomic E-state index is -0.801. The molecular weight excluding hydrogens is 240 g/mol. The number of nitrogens with zero attached hydrogens (tertiary/aromatic N) is 2. The van der Waals surface area contributed by atoms with Gasteiger partial charge >= 0.3 is 0 Å². The van der Waals surface area contributed by atoms with E-state index >= 15 is 0 Å². The molecule has 1 saturated heterocycles. The van der Waals surface area contributed by atoms with Crippen LogP contribution in [0.25, 0.3) is 0 Å². The summed E-state index contributed by atoms with van der Waals surface area (Å²) in [7, 11) is 0. The molecule has 0 amide bonds. The number of Topliss-reactive ketones (excluding diaryl/α,β-unsaturated/α-hetero) is 1. The zero-order valence-electron chi connectivity index (χ0n) is 11.4. The van der Waals surface area contributed by atoms with Crippen molar-refractivity contribution in [1.82, 2.24) is 4.98 Å². The number of carbonyl (C=O) groups is 1. The van der Waals surface area contributed by atoms with Crippen molar-refractivity contribution in [2.75, 3.05) is 0 Å². The van der Waals surface area contributed by atoms with Crippen LogP contribution in [0.2, 0.25) is 0 Å². The summed E-state index contributed by atoms with van der Waals surface area (Å²) in [5.41, 5.74) is 0.522. The summed E-state index contributed by atoms with van der Waals surface area (Å²) in [5, 5.41) is 9.30. The number of ether oxygens (including phenoxy) is 1. The van der Waals surface area contributed by atoms with Gasteiger partial charge in [-0.05, 0) is 31.9 Å². The van der Waals surface area contributed by atoms with Crippen LogP contribution in [-0.4, -0.2) is 23.0 Å². The lowest BCUT2D eigenvalue weighted by Crippen LogP contribution is -2.31. The van der Waals surface area contributed by atoms with E-state index in [4.69, 9.17) is 4.74 Å². The van der Waals surface area contributed by atoms with Crippen LogP contribution in [0.5, 0.6) is 0 Å². The first-order chi connectivity index (χ1) is 9.06. The van der Waals surface area contributed by atoms with E-state index in [0.717, 1.165) is 0 Å². The van der Waals surface area contributed by atoms with Gasteiger partial charge in [-0.2, -0.15) is 5.26 Å². The third-order valence-corrected chi connectivity index (χ3v) is 3.97. The molecule has 1 aromatic rings. The third-order valence-electron chi connectivity index (χ3n) is 3.97.